The van der Waals surface area contributed by atoms with Crippen molar-refractivity contribution in [2.75, 3.05) is 6.54 Å². The molecular weight excluding hydrogens is 470 g/mol. The first-order chi connectivity index (χ1) is 11.8. The lowest BCUT2D eigenvalue weighted by Crippen LogP contribution is -2.39. The molecule has 7 heteroatoms. The summed E-state index contributed by atoms with van der Waals surface area (Å²) < 4.78 is 1.06. The van der Waals surface area contributed by atoms with E-state index < -0.39 is 0 Å². The highest BCUT2D eigenvalue weighted by molar-refractivity contribution is 9.11. The molecule has 0 aromatic heterocycles. The third kappa shape index (κ3) is 4.14. The number of amides is 2. The summed E-state index contributed by atoms with van der Waals surface area (Å²) in [4.78, 5) is 26.9. The van der Waals surface area contributed by atoms with E-state index in [9.17, 15) is 14.7 Å². The van der Waals surface area contributed by atoms with Gasteiger partial charge in [-0.3, -0.25) is 14.5 Å². The summed E-state index contributed by atoms with van der Waals surface area (Å²) in [6.07, 6.45) is 7.39. The van der Waals surface area contributed by atoms with E-state index >= 15 is 0 Å². The maximum absolute atomic E-state index is 12.7. The molecule has 2 amide bonds. The average molecular weight is 489 g/mol. The Balaban J connectivity index is 1.81. The molecule has 2 fully saturated rings. The van der Waals surface area contributed by atoms with E-state index in [4.69, 9.17) is 0 Å². The molecule has 0 unspecified atom stereocenters. The summed E-state index contributed by atoms with van der Waals surface area (Å²) in [5.41, 5.74) is 0.774. The number of rotatable bonds is 3. The third-order valence-corrected chi connectivity index (χ3v) is 6.93. The van der Waals surface area contributed by atoms with Crippen molar-refractivity contribution in [2.24, 2.45) is 5.41 Å². The fraction of sp³-hybridized carbons (Fsp3) is 0.444. The first-order valence-corrected chi connectivity index (χ1v) is 10.6. The Morgan fingerprint density at radius 1 is 1.20 bits per heavy atom. The maximum atomic E-state index is 12.7. The number of carbonyl (C=O) groups is 2. The molecule has 1 aliphatic heterocycles. The number of carbonyl (C=O) groups excluding carboxylic acids is 2. The van der Waals surface area contributed by atoms with Crippen molar-refractivity contribution < 1.29 is 14.7 Å². The Bertz CT molecular complexity index is 734. The zero-order valence-corrected chi connectivity index (χ0v) is 17.8. The second kappa shape index (κ2) is 7.45. The SMILES string of the molecule is CC1(CN2C(=O)S/C(=C/c3cc(Br)c(O)c(Br)c3)C2=O)CCCCC1. The fourth-order valence-electron chi connectivity index (χ4n) is 3.40. The largest absolute Gasteiger partial charge is 0.506 e. The average Bonchev–Trinajstić information content (AvgIpc) is 2.80. The van der Waals surface area contributed by atoms with Crippen LogP contribution >= 0.6 is 43.6 Å². The molecule has 0 atom stereocenters. The van der Waals surface area contributed by atoms with Crippen LogP contribution in [0.15, 0.2) is 26.0 Å². The molecule has 2 aliphatic rings. The Labute approximate surface area is 168 Å². The van der Waals surface area contributed by atoms with Crippen LogP contribution in [0.3, 0.4) is 0 Å². The molecule has 0 radical (unpaired) electrons. The standard InChI is InChI=1S/C18H19Br2NO3S/c1-18(5-3-2-4-6-18)10-21-16(23)14(25-17(21)24)9-11-7-12(19)15(22)13(20)8-11/h7-9,22H,2-6,10H2,1H3/b14-9+. The molecule has 1 aliphatic carbocycles. The monoisotopic (exact) mass is 487 g/mol. The molecule has 1 heterocycles. The summed E-state index contributed by atoms with van der Waals surface area (Å²) in [5, 5.41) is 9.60. The molecular formula is C18H19Br2NO3S. The van der Waals surface area contributed by atoms with Crippen LogP contribution in [-0.4, -0.2) is 27.7 Å². The van der Waals surface area contributed by atoms with Crippen LogP contribution in [0.5, 0.6) is 5.75 Å². The normalized spacial score (nSPS) is 22.0. The number of nitrogens with zero attached hydrogens (tertiary/aromatic N) is 1. The number of imide groups is 1. The number of phenolic OH excluding ortho intramolecular Hbond substituents is 1. The minimum absolute atomic E-state index is 0.0319. The Morgan fingerprint density at radius 2 is 1.80 bits per heavy atom. The van der Waals surface area contributed by atoms with Crippen molar-refractivity contribution in [1.29, 1.82) is 0 Å². The van der Waals surface area contributed by atoms with Gasteiger partial charge < -0.3 is 5.11 Å². The zero-order valence-electron chi connectivity index (χ0n) is 13.8. The highest BCUT2D eigenvalue weighted by Gasteiger charge is 2.40. The zero-order chi connectivity index (χ0) is 18.2. The van der Waals surface area contributed by atoms with E-state index in [0.717, 1.165) is 43.0 Å². The van der Waals surface area contributed by atoms with Crippen LogP contribution in [0.2, 0.25) is 0 Å². The number of thioether (sulfide) groups is 1. The van der Waals surface area contributed by atoms with Crippen LogP contribution < -0.4 is 0 Å². The van der Waals surface area contributed by atoms with Crippen molar-refractivity contribution in [3.63, 3.8) is 0 Å². The molecule has 1 N–H and O–H groups in total. The smallest absolute Gasteiger partial charge is 0.293 e. The second-order valence-electron chi connectivity index (χ2n) is 6.97. The van der Waals surface area contributed by atoms with Gasteiger partial charge in [0.2, 0.25) is 0 Å². The van der Waals surface area contributed by atoms with Gasteiger partial charge in [-0.25, -0.2) is 0 Å². The van der Waals surface area contributed by atoms with E-state index in [-0.39, 0.29) is 22.3 Å². The van der Waals surface area contributed by atoms with Gasteiger partial charge in [0.25, 0.3) is 11.1 Å². The topological polar surface area (TPSA) is 57.6 Å². The maximum Gasteiger partial charge on any atom is 0.293 e. The summed E-state index contributed by atoms with van der Waals surface area (Å²) in [6, 6.07) is 3.44. The van der Waals surface area contributed by atoms with Gasteiger partial charge in [-0.1, -0.05) is 26.2 Å². The van der Waals surface area contributed by atoms with Crippen molar-refractivity contribution in [2.45, 2.75) is 39.0 Å². The number of halogens is 2. The predicted octanol–water partition coefficient (Wildman–Crippen LogP) is 5.92. The third-order valence-electron chi connectivity index (χ3n) is 4.81. The van der Waals surface area contributed by atoms with Crippen molar-refractivity contribution in [3.8, 4) is 5.75 Å². The lowest BCUT2D eigenvalue weighted by atomic mass is 9.75. The molecule has 134 valence electrons. The molecule has 1 saturated carbocycles. The number of aromatic hydroxyl groups is 1. The molecule has 1 aromatic rings. The number of benzene rings is 1. The van der Waals surface area contributed by atoms with Crippen LogP contribution in [-0.2, 0) is 4.79 Å². The van der Waals surface area contributed by atoms with E-state index in [1.807, 2.05) is 0 Å². The highest BCUT2D eigenvalue weighted by atomic mass is 79.9. The first kappa shape index (κ1) is 19.0. The van der Waals surface area contributed by atoms with E-state index in [2.05, 4.69) is 38.8 Å². The first-order valence-electron chi connectivity index (χ1n) is 8.22. The summed E-state index contributed by atoms with van der Waals surface area (Å²) >= 11 is 7.54. The van der Waals surface area contributed by atoms with E-state index in [0.29, 0.717) is 20.4 Å². The van der Waals surface area contributed by atoms with Gasteiger partial charge in [0.05, 0.1) is 13.9 Å². The lowest BCUT2D eigenvalue weighted by Gasteiger charge is -2.35. The summed E-state index contributed by atoms with van der Waals surface area (Å²) in [6.45, 7) is 2.67. The molecule has 0 bridgehead atoms. The van der Waals surface area contributed by atoms with Crippen LogP contribution in [0.4, 0.5) is 4.79 Å². The van der Waals surface area contributed by atoms with Crippen LogP contribution in [0.1, 0.15) is 44.6 Å². The van der Waals surface area contributed by atoms with Crippen LogP contribution in [0, 0.1) is 5.41 Å². The van der Waals surface area contributed by atoms with E-state index in [1.165, 1.54) is 11.3 Å². The molecule has 1 aromatic carbocycles. The predicted molar refractivity (Wildman–Crippen MR) is 107 cm³/mol. The van der Waals surface area contributed by atoms with Gasteiger partial charge in [0.1, 0.15) is 5.75 Å². The Kier molecular flexibility index (Phi) is 5.66. The fourth-order valence-corrected chi connectivity index (χ4v) is 5.46. The van der Waals surface area contributed by atoms with Crippen molar-refractivity contribution in [3.05, 3.63) is 31.5 Å². The summed E-state index contributed by atoms with van der Waals surface area (Å²) in [7, 11) is 0. The van der Waals surface area contributed by atoms with Gasteiger partial charge in [-0.2, -0.15) is 0 Å². The van der Waals surface area contributed by atoms with Gasteiger partial charge in [0, 0.05) is 6.54 Å². The molecule has 25 heavy (non-hydrogen) atoms. The quantitative estimate of drug-likeness (QED) is 0.536. The Hall–Kier alpha value is -0.790. The molecule has 1 saturated heterocycles. The number of hydrogen-bond acceptors (Lipinski definition) is 4. The van der Waals surface area contributed by atoms with Gasteiger partial charge in [0.15, 0.2) is 0 Å². The molecule has 4 nitrogen and oxygen atoms in total. The van der Waals surface area contributed by atoms with E-state index in [1.54, 1.807) is 18.2 Å². The summed E-state index contributed by atoms with van der Waals surface area (Å²) in [5.74, 6) is -0.113. The van der Waals surface area contributed by atoms with Gasteiger partial charge >= 0.3 is 0 Å². The molecule has 0 spiro atoms. The van der Waals surface area contributed by atoms with Crippen LogP contribution in [0.25, 0.3) is 6.08 Å². The molecule has 3 rings (SSSR count). The van der Waals surface area contributed by atoms with Gasteiger partial charge in [-0.15, -0.1) is 0 Å². The highest BCUT2D eigenvalue weighted by Crippen LogP contribution is 2.41. The minimum Gasteiger partial charge on any atom is -0.506 e. The number of hydrogen-bond donors (Lipinski definition) is 1. The lowest BCUT2D eigenvalue weighted by molar-refractivity contribution is -0.124. The van der Waals surface area contributed by atoms with Crippen molar-refractivity contribution >= 4 is 60.8 Å². The Morgan fingerprint density at radius 3 is 2.40 bits per heavy atom. The number of phenols is 1. The van der Waals surface area contributed by atoms with Gasteiger partial charge in [-0.05, 0) is 85.7 Å². The van der Waals surface area contributed by atoms with Crippen molar-refractivity contribution in [1.82, 2.24) is 4.90 Å². The second-order valence-corrected chi connectivity index (χ2v) is 9.67. The minimum atomic E-state index is -0.220.